The summed E-state index contributed by atoms with van der Waals surface area (Å²) in [4.78, 5) is 15.5. The van der Waals surface area contributed by atoms with Crippen LogP contribution in [0.5, 0.6) is 0 Å². The van der Waals surface area contributed by atoms with E-state index < -0.39 is 5.91 Å². The molecule has 0 fully saturated rings. The van der Waals surface area contributed by atoms with Crippen LogP contribution in [0, 0.1) is 0 Å². The van der Waals surface area contributed by atoms with Gasteiger partial charge < -0.3 is 5.73 Å². The molecule has 0 bridgehead atoms. The number of pyridine rings is 1. The second-order valence-electron chi connectivity index (χ2n) is 3.94. The van der Waals surface area contributed by atoms with Crippen LogP contribution in [0.1, 0.15) is 10.4 Å². The zero-order chi connectivity index (χ0) is 12.5. The van der Waals surface area contributed by atoms with Crippen LogP contribution < -0.4 is 5.73 Å². The quantitative estimate of drug-likeness (QED) is 0.764. The highest BCUT2D eigenvalue weighted by Crippen LogP contribution is 2.31. The Morgan fingerprint density at radius 2 is 2.11 bits per heavy atom. The summed E-state index contributed by atoms with van der Waals surface area (Å²) < 4.78 is 1.17. The van der Waals surface area contributed by atoms with E-state index >= 15 is 0 Å². The summed E-state index contributed by atoms with van der Waals surface area (Å²) in [6.45, 7) is 0. The molecule has 0 aliphatic carbocycles. The number of hydrogen-bond acceptors (Lipinski definition) is 3. The number of hydrogen-bond donors (Lipinski definition) is 1. The molecule has 0 saturated carbocycles. The lowest BCUT2D eigenvalue weighted by Crippen LogP contribution is -2.10. The largest absolute Gasteiger partial charge is 0.366 e. The average Bonchev–Trinajstić information content (AvgIpc) is 2.87. The molecule has 0 unspecified atom stereocenters. The Morgan fingerprint density at radius 3 is 2.94 bits per heavy atom. The fourth-order valence-corrected chi connectivity index (χ4v) is 2.85. The van der Waals surface area contributed by atoms with Crippen molar-refractivity contribution in [3.8, 4) is 11.3 Å². The number of nitrogens with zero attached hydrogens (tertiary/aromatic N) is 1. The van der Waals surface area contributed by atoms with Gasteiger partial charge in [-0.2, -0.15) is 0 Å². The molecule has 2 aromatic heterocycles. The molecule has 2 N–H and O–H groups in total. The van der Waals surface area contributed by atoms with Crippen LogP contribution in [0.4, 0.5) is 0 Å². The molecule has 1 aromatic carbocycles. The molecule has 1 amide bonds. The standard InChI is InChI=1S/C14H10N2OS/c15-14(17)10-4-6-16-12(8-10)11-3-1-2-9-5-7-18-13(9)11/h1-8H,(H2,15,17). The van der Waals surface area contributed by atoms with Crippen LogP contribution in [-0.2, 0) is 0 Å². The van der Waals surface area contributed by atoms with Gasteiger partial charge >= 0.3 is 0 Å². The Labute approximate surface area is 108 Å². The summed E-state index contributed by atoms with van der Waals surface area (Å²) in [5.74, 6) is -0.433. The molecule has 3 nitrogen and oxygen atoms in total. The maximum atomic E-state index is 11.2. The van der Waals surface area contributed by atoms with Gasteiger partial charge in [0.15, 0.2) is 0 Å². The molecule has 0 aliphatic heterocycles. The fraction of sp³-hybridized carbons (Fsp3) is 0. The van der Waals surface area contributed by atoms with E-state index in [-0.39, 0.29) is 0 Å². The topological polar surface area (TPSA) is 56.0 Å². The minimum absolute atomic E-state index is 0.433. The minimum atomic E-state index is -0.433. The molecule has 18 heavy (non-hydrogen) atoms. The molecule has 0 radical (unpaired) electrons. The van der Waals surface area contributed by atoms with Crippen molar-refractivity contribution < 1.29 is 4.79 Å². The number of carbonyl (C=O) groups is 1. The first kappa shape index (κ1) is 10.9. The molecule has 0 saturated heterocycles. The van der Waals surface area contributed by atoms with Crippen molar-refractivity contribution in [2.75, 3.05) is 0 Å². The van der Waals surface area contributed by atoms with Crippen LogP contribution in [-0.4, -0.2) is 10.9 Å². The number of carbonyl (C=O) groups excluding carboxylic acids is 1. The van der Waals surface area contributed by atoms with Crippen molar-refractivity contribution in [2.45, 2.75) is 0 Å². The van der Waals surface area contributed by atoms with E-state index in [9.17, 15) is 4.79 Å². The first-order valence-corrected chi connectivity index (χ1v) is 6.36. The van der Waals surface area contributed by atoms with Gasteiger partial charge in [-0.05, 0) is 29.0 Å². The highest BCUT2D eigenvalue weighted by molar-refractivity contribution is 7.17. The van der Waals surface area contributed by atoms with E-state index in [2.05, 4.69) is 17.1 Å². The van der Waals surface area contributed by atoms with Crippen LogP contribution in [0.2, 0.25) is 0 Å². The Bertz CT molecular complexity index is 733. The predicted octanol–water partition coefficient (Wildman–Crippen LogP) is 3.06. The number of fused-ring (bicyclic) bond motifs is 1. The molecule has 2 heterocycles. The monoisotopic (exact) mass is 254 g/mol. The zero-order valence-electron chi connectivity index (χ0n) is 9.46. The molecular formula is C14H10N2OS. The third-order valence-electron chi connectivity index (χ3n) is 2.80. The SMILES string of the molecule is NC(=O)c1ccnc(-c2cccc3ccsc23)c1. The van der Waals surface area contributed by atoms with Crippen LogP contribution in [0.25, 0.3) is 21.3 Å². The number of thiophene rings is 1. The normalized spacial score (nSPS) is 10.7. The minimum Gasteiger partial charge on any atom is -0.366 e. The molecule has 0 atom stereocenters. The van der Waals surface area contributed by atoms with E-state index in [1.54, 1.807) is 29.7 Å². The van der Waals surface area contributed by atoms with Crippen LogP contribution >= 0.6 is 11.3 Å². The van der Waals surface area contributed by atoms with Crippen LogP contribution in [0.15, 0.2) is 48.0 Å². The first-order chi connectivity index (χ1) is 8.75. The van der Waals surface area contributed by atoms with Crippen molar-refractivity contribution in [1.82, 2.24) is 4.98 Å². The number of aromatic nitrogens is 1. The summed E-state index contributed by atoms with van der Waals surface area (Å²) >= 11 is 1.67. The molecule has 3 rings (SSSR count). The Morgan fingerprint density at radius 1 is 1.22 bits per heavy atom. The Kier molecular flexibility index (Phi) is 2.57. The molecule has 88 valence electrons. The number of nitrogens with two attached hydrogens (primary N) is 1. The Balaban J connectivity index is 2.23. The lowest BCUT2D eigenvalue weighted by molar-refractivity contribution is 0.1000. The van der Waals surface area contributed by atoms with Gasteiger partial charge in [0.1, 0.15) is 0 Å². The molecule has 4 heteroatoms. The third kappa shape index (κ3) is 1.76. The number of primary amides is 1. The molecule has 3 aromatic rings. The fourth-order valence-electron chi connectivity index (χ4n) is 1.93. The van der Waals surface area contributed by atoms with Gasteiger partial charge in [0, 0.05) is 22.0 Å². The van der Waals surface area contributed by atoms with Crippen LogP contribution in [0.3, 0.4) is 0 Å². The van der Waals surface area contributed by atoms with Gasteiger partial charge in [-0.3, -0.25) is 9.78 Å². The second kappa shape index (κ2) is 4.23. The van der Waals surface area contributed by atoms with E-state index in [1.807, 2.05) is 17.5 Å². The van der Waals surface area contributed by atoms with Gasteiger partial charge in [-0.15, -0.1) is 11.3 Å². The van der Waals surface area contributed by atoms with Gasteiger partial charge in [-0.1, -0.05) is 18.2 Å². The second-order valence-corrected chi connectivity index (χ2v) is 4.85. The lowest BCUT2D eigenvalue weighted by atomic mass is 10.1. The van der Waals surface area contributed by atoms with Gasteiger partial charge in [0.05, 0.1) is 5.69 Å². The number of benzene rings is 1. The van der Waals surface area contributed by atoms with E-state index in [1.165, 1.54) is 10.1 Å². The predicted molar refractivity (Wildman–Crippen MR) is 73.6 cm³/mol. The summed E-state index contributed by atoms with van der Waals surface area (Å²) in [6, 6.07) is 11.5. The van der Waals surface area contributed by atoms with Gasteiger partial charge in [0.25, 0.3) is 0 Å². The lowest BCUT2D eigenvalue weighted by Gasteiger charge is -2.03. The van der Waals surface area contributed by atoms with Crippen molar-refractivity contribution in [3.63, 3.8) is 0 Å². The third-order valence-corrected chi connectivity index (χ3v) is 3.76. The molecule has 0 aliphatic rings. The summed E-state index contributed by atoms with van der Waals surface area (Å²) in [7, 11) is 0. The van der Waals surface area contributed by atoms with Crippen molar-refractivity contribution in [2.24, 2.45) is 5.73 Å². The smallest absolute Gasteiger partial charge is 0.248 e. The number of rotatable bonds is 2. The Hall–Kier alpha value is -2.20. The molecule has 0 spiro atoms. The summed E-state index contributed by atoms with van der Waals surface area (Å²) in [6.07, 6.45) is 1.61. The van der Waals surface area contributed by atoms with E-state index in [0.29, 0.717) is 5.56 Å². The molecular weight excluding hydrogens is 244 g/mol. The van der Waals surface area contributed by atoms with Gasteiger partial charge in [0.2, 0.25) is 5.91 Å². The van der Waals surface area contributed by atoms with Gasteiger partial charge in [-0.25, -0.2) is 0 Å². The zero-order valence-corrected chi connectivity index (χ0v) is 10.3. The maximum Gasteiger partial charge on any atom is 0.248 e. The van der Waals surface area contributed by atoms with E-state index in [0.717, 1.165) is 11.3 Å². The first-order valence-electron chi connectivity index (χ1n) is 5.48. The maximum absolute atomic E-state index is 11.2. The highest BCUT2D eigenvalue weighted by Gasteiger charge is 2.08. The van der Waals surface area contributed by atoms with Crippen molar-refractivity contribution in [1.29, 1.82) is 0 Å². The van der Waals surface area contributed by atoms with Crippen molar-refractivity contribution >= 4 is 27.3 Å². The highest BCUT2D eigenvalue weighted by atomic mass is 32.1. The van der Waals surface area contributed by atoms with Crippen molar-refractivity contribution in [3.05, 3.63) is 53.5 Å². The van der Waals surface area contributed by atoms with E-state index in [4.69, 9.17) is 5.73 Å². The number of amides is 1. The summed E-state index contributed by atoms with van der Waals surface area (Å²) in [5.41, 5.74) is 7.58. The summed E-state index contributed by atoms with van der Waals surface area (Å²) in [5, 5.41) is 3.23. The average molecular weight is 254 g/mol.